The SMILES string of the molecule is CC(=O)OCCC1S/C(=N/N=C/c2c3ccccc3cc3ccccc23)NC1=O. The molecule has 0 saturated carbocycles. The number of thioether (sulfide) groups is 1. The number of fused-ring (bicyclic) bond motifs is 2. The fraction of sp³-hybridized carbons (Fsp3) is 0.182. The minimum Gasteiger partial charge on any atom is -0.466 e. The Labute approximate surface area is 172 Å². The smallest absolute Gasteiger partial charge is 0.302 e. The highest BCUT2D eigenvalue weighted by Gasteiger charge is 2.30. The number of amidine groups is 1. The predicted octanol–water partition coefficient (Wildman–Crippen LogP) is 3.87. The van der Waals surface area contributed by atoms with E-state index in [1.165, 1.54) is 18.7 Å². The summed E-state index contributed by atoms with van der Waals surface area (Å²) in [5.41, 5.74) is 0.990. The van der Waals surface area contributed by atoms with Crippen molar-refractivity contribution >= 4 is 56.6 Å². The van der Waals surface area contributed by atoms with Gasteiger partial charge in [-0.3, -0.25) is 9.59 Å². The van der Waals surface area contributed by atoms with Crippen LogP contribution in [0, 0.1) is 0 Å². The van der Waals surface area contributed by atoms with E-state index in [1.807, 2.05) is 24.3 Å². The molecule has 29 heavy (non-hydrogen) atoms. The molecule has 3 aromatic carbocycles. The highest BCUT2D eigenvalue weighted by atomic mass is 32.2. The number of rotatable bonds is 5. The molecule has 0 radical (unpaired) electrons. The molecule has 1 amide bonds. The second kappa shape index (κ2) is 8.45. The number of nitrogens with zero attached hydrogens (tertiary/aromatic N) is 2. The Bertz CT molecular complexity index is 1100. The van der Waals surface area contributed by atoms with Gasteiger partial charge in [-0.2, -0.15) is 5.10 Å². The molecule has 0 spiro atoms. The summed E-state index contributed by atoms with van der Waals surface area (Å²) >= 11 is 1.30. The van der Waals surface area contributed by atoms with Crippen molar-refractivity contribution in [2.24, 2.45) is 10.2 Å². The lowest BCUT2D eigenvalue weighted by Crippen LogP contribution is -2.25. The highest BCUT2D eigenvalue weighted by Crippen LogP contribution is 2.27. The lowest BCUT2D eigenvalue weighted by Gasteiger charge is -2.07. The third kappa shape index (κ3) is 4.30. The van der Waals surface area contributed by atoms with Gasteiger partial charge in [-0.25, -0.2) is 0 Å². The molecular weight excluding hydrogens is 386 g/mol. The Kier molecular flexibility index (Phi) is 5.57. The summed E-state index contributed by atoms with van der Waals surface area (Å²) in [6.45, 7) is 1.55. The molecule has 146 valence electrons. The molecule has 0 aliphatic carbocycles. The van der Waals surface area contributed by atoms with E-state index in [4.69, 9.17) is 4.74 Å². The van der Waals surface area contributed by atoms with E-state index in [1.54, 1.807) is 6.21 Å². The molecule has 6 nitrogen and oxygen atoms in total. The Morgan fingerprint density at radius 2 is 1.79 bits per heavy atom. The van der Waals surface area contributed by atoms with Crippen molar-refractivity contribution in [3.63, 3.8) is 0 Å². The topological polar surface area (TPSA) is 80.1 Å². The van der Waals surface area contributed by atoms with Crippen molar-refractivity contribution in [2.75, 3.05) is 6.61 Å². The minimum atomic E-state index is -0.353. The Morgan fingerprint density at radius 1 is 1.14 bits per heavy atom. The first-order chi connectivity index (χ1) is 14.1. The molecule has 7 heteroatoms. The van der Waals surface area contributed by atoms with Crippen molar-refractivity contribution in [2.45, 2.75) is 18.6 Å². The van der Waals surface area contributed by atoms with Crippen LogP contribution in [0.15, 0.2) is 64.8 Å². The Hall–Kier alpha value is -3.19. The third-order valence-corrected chi connectivity index (χ3v) is 5.75. The van der Waals surface area contributed by atoms with Crippen LogP contribution < -0.4 is 5.32 Å². The standard InChI is InChI=1S/C22H19N3O3S/c1-14(26)28-11-10-20-21(27)24-22(29-20)25-23-13-19-17-8-4-2-6-15(17)12-16-7-3-5-9-18(16)19/h2-9,12-13,20H,10-11H2,1H3,(H,24,25,27)/b23-13+. The molecule has 1 saturated heterocycles. The molecule has 3 aromatic rings. The highest BCUT2D eigenvalue weighted by molar-refractivity contribution is 8.15. The first-order valence-corrected chi connectivity index (χ1v) is 10.1. The summed E-state index contributed by atoms with van der Waals surface area (Å²) in [5, 5.41) is 15.7. The molecule has 1 unspecified atom stereocenters. The summed E-state index contributed by atoms with van der Waals surface area (Å²) in [5.74, 6) is -0.499. The molecule has 1 aliphatic rings. The fourth-order valence-electron chi connectivity index (χ4n) is 3.28. The number of hydrogen-bond acceptors (Lipinski definition) is 6. The van der Waals surface area contributed by atoms with Crippen LogP contribution in [0.3, 0.4) is 0 Å². The third-order valence-electron chi connectivity index (χ3n) is 4.61. The van der Waals surface area contributed by atoms with Gasteiger partial charge in [0.05, 0.1) is 18.1 Å². The molecule has 1 heterocycles. The molecule has 1 N–H and O–H groups in total. The zero-order valence-corrected chi connectivity index (χ0v) is 16.6. The maximum absolute atomic E-state index is 12.0. The van der Waals surface area contributed by atoms with Gasteiger partial charge in [-0.1, -0.05) is 60.3 Å². The number of amides is 1. The van der Waals surface area contributed by atoms with E-state index in [0.717, 1.165) is 27.1 Å². The van der Waals surface area contributed by atoms with E-state index in [9.17, 15) is 9.59 Å². The molecule has 1 aliphatic heterocycles. The van der Waals surface area contributed by atoms with Crippen LogP contribution in [0.1, 0.15) is 18.9 Å². The van der Waals surface area contributed by atoms with Gasteiger partial charge >= 0.3 is 5.97 Å². The van der Waals surface area contributed by atoms with Crippen molar-refractivity contribution in [3.8, 4) is 0 Å². The lowest BCUT2D eigenvalue weighted by atomic mass is 9.97. The predicted molar refractivity (Wildman–Crippen MR) is 117 cm³/mol. The first-order valence-electron chi connectivity index (χ1n) is 9.24. The lowest BCUT2D eigenvalue weighted by molar-refractivity contribution is -0.141. The zero-order valence-electron chi connectivity index (χ0n) is 15.8. The van der Waals surface area contributed by atoms with Crippen molar-refractivity contribution < 1.29 is 14.3 Å². The van der Waals surface area contributed by atoms with E-state index in [2.05, 4.69) is 45.9 Å². The van der Waals surface area contributed by atoms with E-state index >= 15 is 0 Å². The molecule has 0 bridgehead atoms. The van der Waals surface area contributed by atoms with Crippen LogP contribution in [-0.4, -0.2) is 35.1 Å². The fourth-order valence-corrected chi connectivity index (χ4v) is 4.18. The largest absolute Gasteiger partial charge is 0.466 e. The summed E-state index contributed by atoms with van der Waals surface area (Å²) in [4.78, 5) is 22.9. The average molecular weight is 405 g/mol. The number of ether oxygens (including phenoxy) is 1. The van der Waals surface area contributed by atoms with Gasteiger partial charge in [0.25, 0.3) is 0 Å². The van der Waals surface area contributed by atoms with E-state index in [0.29, 0.717) is 11.6 Å². The number of benzene rings is 3. The second-order valence-electron chi connectivity index (χ2n) is 6.61. The monoisotopic (exact) mass is 405 g/mol. The van der Waals surface area contributed by atoms with Crippen LogP contribution >= 0.6 is 11.8 Å². The number of carbonyl (C=O) groups excluding carboxylic acids is 2. The van der Waals surface area contributed by atoms with Crippen molar-refractivity contribution in [3.05, 3.63) is 60.2 Å². The number of nitrogens with one attached hydrogen (secondary N) is 1. The van der Waals surface area contributed by atoms with Gasteiger partial charge in [-0.15, -0.1) is 5.10 Å². The first kappa shape index (κ1) is 19.1. The van der Waals surface area contributed by atoms with E-state index < -0.39 is 0 Å². The van der Waals surface area contributed by atoms with Gasteiger partial charge in [0.1, 0.15) is 0 Å². The molecular formula is C22H19N3O3S. The normalized spacial score (nSPS) is 18.0. The van der Waals surface area contributed by atoms with Gasteiger partial charge in [0, 0.05) is 18.9 Å². The second-order valence-corrected chi connectivity index (χ2v) is 7.80. The number of carbonyl (C=O) groups is 2. The molecule has 1 fully saturated rings. The number of esters is 1. The summed E-state index contributed by atoms with van der Waals surface area (Å²) in [7, 11) is 0. The average Bonchev–Trinajstić information content (AvgIpc) is 3.06. The summed E-state index contributed by atoms with van der Waals surface area (Å²) in [6.07, 6.45) is 2.17. The van der Waals surface area contributed by atoms with Gasteiger partial charge in [-0.05, 0) is 27.6 Å². The minimum absolute atomic E-state index is 0.147. The number of hydrogen-bond donors (Lipinski definition) is 1. The van der Waals surface area contributed by atoms with E-state index in [-0.39, 0.29) is 23.7 Å². The molecule has 1 atom stereocenters. The van der Waals surface area contributed by atoms with Gasteiger partial charge in [0.15, 0.2) is 5.17 Å². The van der Waals surface area contributed by atoms with Gasteiger partial charge < -0.3 is 10.1 Å². The maximum atomic E-state index is 12.0. The summed E-state index contributed by atoms with van der Waals surface area (Å²) in [6, 6.07) is 18.5. The van der Waals surface area contributed by atoms with Crippen LogP contribution in [0.5, 0.6) is 0 Å². The quantitative estimate of drug-likeness (QED) is 0.302. The maximum Gasteiger partial charge on any atom is 0.302 e. The Balaban J connectivity index is 1.57. The van der Waals surface area contributed by atoms with Crippen molar-refractivity contribution in [1.29, 1.82) is 0 Å². The van der Waals surface area contributed by atoms with Crippen molar-refractivity contribution in [1.82, 2.24) is 5.32 Å². The van der Waals surface area contributed by atoms with Crippen LogP contribution in [0.4, 0.5) is 0 Å². The van der Waals surface area contributed by atoms with Gasteiger partial charge in [0.2, 0.25) is 5.91 Å². The zero-order chi connectivity index (χ0) is 20.2. The van der Waals surface area contributed by atoms with Crippen LogP contribution in [0.2, 0.25) is 0 Å². The molecule has 0 aromatic heterocycles. The summed E-state index contributed by atoms with van der Waals surface area (Å²) < 4.78 is 4.91. The Morgan fingerprint density at radius 3 is 2.45 bits per heavy atom. The molecule has 4 rings (SSSR count). The van der Waals surface area contributed by atoms with Crippen LogP contribution in [0.25, 0.3) is 21.5 Å². The van der Waals surface area contributed by atoms with Crippen LogP contribution in [-0.2, 0) is 14.3 Å².